The Morgan fingerprint density at radius 2 is 2.00 bits per heavy atom. The van der Waals surface area contributed by atoms with Crippen LogP contribution in [0.2, 0.25) is 0 Å². The zero-order valence-corrected chi connectivity index (χ0v) is 12.1. The first-order valence-electron chi connectivity index (χ1n) is 7.45. The van der Waals surface area contributed by atoms with Crippen molar-refractivity contribution in [1.29, 1.82) is 0 Å². The van der Waals surface area contributed by atoms with Gasteiger partial charge in [0.2, 0.25) is 0 Å². The van der Waals surface area contributed by atoms with Crippen LogP contribution >= 0.6 is 0 Å². The van der Waals surface area contributed by atoms with Crippen LogP contribution in [0.25, 0.3) is 0 Å². The van der Waals surface area contributed by atoms with Gasteiger partial charge in [0.1, 0.15) is 5.82 Å². The number of benzene rings is 1. The lowest BCUT2D eigenvalue weighted by molar-refractivity contribution is -0.137. The van der Waals surface area contributed by atoms with Gasteiger partial charge in [-0.2, -0.15) is 13.2 Å². The molecule has 0 radical (unpaired) electrons. The molecule has 3 unspecified atom stereocenters. The highest BCUT2D eigenvalue weighted by Crippen LogP contribution is 2.39. The van der Waals surface area contributed by atoms with Crippen LogP contribution in [0.5, 0.6) is 0 Å². The average molecular weight is 303 g/mol. The predicted molar refractivity (Wildman–Crippen MR) is 74.1 cm³/mol. The molecular weight excluding hydrogens is 282 g/mol. The van der Waals surface area contributed by atoms with Crippen molar-refractivity contribution in [3.8, 4) is 0 Å². The fraction of sp³-hybridized carbons (Fsp3) is 0.625. The third kappa shape index (κ3) is 3.76. The molecule has 0 amide bonds. The summed E-state index contributed by atoms with van der Waals surface area (Å²) >= 11 is 0. The zero-order chi connectivity index (χ0) is 15.6. The van der Waals surface area contributed by atoms with Gasteiger partial charge in [-0.1, -0.05) is 26.2 Å². The van der Waals surface area contributed by atoms with Crippen molar-refractivity contribution >= 4 is 0 Å². The monoisotopic (exact) mass is 303 g/mol. The molecule has 1 fully saturated rings. The minimum atomic E-state index is -4.47. The number of halogens is 4. The molecule has 0 heterocycles. The van der Waals surface area contributed by atoms with Crippen LogP contribution in [-0.2, 0) is 6.18 Å². The van der Waals surface area contributed by atoms with Crippen LogP contribution in [0.1, 0.15) is 56.2 Å². The van der Waals surface area contributed by atoms with Crippen molar-refractivity contribution in [2.24, 2.45) is 17.6 Å². The first kappa shape index (κ1) is 16.3. The molecule has 0 bridgehead atoms. The molecule has 0 spiro atoms. The summed E-state index contributed by atoms with van der Waals surface area (Å²) in [6.45, 7) is 2.10. The summed E-state index contributed by atoms with van der Waals surface area (Å²) in [7, 11) is 0. The highest BCUT2D eigenvalue weighted by molar-refractivity contribution is 5.29. The fourth-order valence-electron chi connectivity index (χ4n) is 3.26. The molecule has 1 saturated carbocycles. The molecule has 0 aromatic heterocycles. The normalized spacial score (nSPS) is 24.9. The van der Waals surface area contributed by atoms with E-state index in [2.05, 4.69) is 6.92 Å². The summed E-state index contributed by atoms with van der Waals surface area (Å²) in [4.78, 5) is 0. The molecule has 2 N–H and O–H groups in total. The van der Waals surface area contributed by atoms with Crippen molar-refractivity contribution in [1.82, 2.24) is 0 Å². The summed E-state index contributed by atoms with van der Waals surface area (Å²) in [6, 6.07) is 1.84. The van der Waals surface area contributed by atoms with Gasteiger partial charge in [-0.3, -0.25) is 0 Å². The van der Waals surface area contributed by atoms with E-state index in [0.29, 0.717) is 5.92 Å². The average Bonchev–Trinajstić information content (AvgIpc) is 2.46. The van der Waals surface area contributed by atoms with E-state index in [1.165, 1.54) is 0 Å². The lowest BCUT2D eigenvalue weighted by Gasteiger charge is -2.33. The Hall–Kier alpha value is -1.10. The van der Waals surface area contributed by atoms with Crippen LogP contribution in [-0.4, -0.2) is 0 Å². The van der Waals surface area contributed by atoms with E-state index in [9.17, 15) is 17.6 Å². The second-order valence-electron chi connectivity index (χ2n) is 5.96. The van der Waals surface area contributed by atoms with E-state index in [-0.39, 0.29) is 11.5 Å². The Morgan fingerprint density at radius 3 is 2.62 bits per heavy atom. The van der Waals surface area contributed by atoms with Crippen LogP contribution in [0.3, 0.4) is 0 Å². The van der Waals surface area contributed by atoms with E-state index in [4.69, 9.17) is 5.73 Å². The van der Waals surface area contributed by atoms with Crippen LogP contribution < -0.4 is 5.73 Å². The molecule has 21 heavy (non-hydrogen) atoms. The first-order valence-corrected chi connectivity index (χ1v) is 7.45. The number of hydrogen-bond donors (Lipinski definition) is 1. The first-order chi connectivity index (χ1) is 9.82. The van der Waals surface area contributed by atoms with Gasteiger partial charge >= 0.3 is 6.18 Å². The van der Waals surface area contributed by atoms with Gasteiger partial charge in [-0.25, -0.2) is 4.39 Å². The van der Waals surface area contributed by atoms with Crippen LogP contribution in [0, 0.1) is 17.7 Å². The van der Waals surface area contributed by atoms with Gasteiger partial charge in [-0.05, 0) is 42.9 Å². The zero-order valence-electron chi connectivity index (χ0n) is 12.1. The standard InChI is InChI=1S/C16H21F4N/c1-2-10-4-3-5-11(8-10)15(21)13-9-12(16(18,19)20)6-7-14(13)17/h6-7,9-11,15H,2-5,8,21H2,1H3. The van der Waals surface area contributed by atoms with E-state index >= 15 is 0 Å². The summed E-state index contributed by atoms with van der Waals surface area (Å²) in [5.41, 5.74) is 5.25. The maximum Gasteiger partial charge on any atom is 0.416 e. The maximum atomic E-state index is 13.9. The van der Waals surface area contributed by atoms with Gasteiger partial charge < -0.3 is 5.73 Å². The van der Waals surface area contributed by atoms with Crippen LogP contribution in [0.4, 0.5) is 17.6 Å². The lowest BCUT2D eigenvalue weighted by Crippen LogP contribution is -2.28. The number of rotatable bonds is 3. The SMILES string of the molecule is CCC1CCCC(C(N)c2cc(C(F)(F)F)ccc2F)C1. The number of nitrogens with two attached hydrogens (primary N) is 1. The Labute approximate surface area is 122 Å². The third-order valence-electron chi connectivity index (χ3n) is 4.59. The molecule has 1 aromatic rings. The quantitative estimate of drug-likeness (QED) is 0.776. The van der Waals surface area contributed by atoms with Crippen molar-refractivity contribution in [2.75, 3.05) is 0 Å². The number of hydrogen-bond acceptors (Lipinski definition) is 1. The Bertz CT molecular complexity index is 484. The van der Waals surface area contributed by atoms with E-state index < -0.39 is 23.6 Å². The Balaban J connectivity index is 2.23. The molecule has 1 nitrogen and oxygen atoms in total. The van der Waals surface area contributed by atoms with E-state index in [1.807, 2.05) is 0 Å². The fourth-order valence-corrected chi connectivity index (χ4v) is 3.26. The molecule has 2 rings (SSSR count). The van der Waals surface area contributed by atoms with Crippen molar-refractivity contribution in [3.05, 3.63) is 35.1 Å². The lowest BCUT2D eigenvalue weighted by atomic mass is 9.75. The molecule has 118 valence electrons. The largest absolute Gasteiger partial charge is 0.416 e. The van der Waals surface area contributed by atoms with Crippen molar-refractivity contribution in [2.45, 2.75) is 51.2 Å². The Kier molecular flexibility index (Phi) is 4.91. The third-order valence-corrected chi connectivity index (χ3v) is 4.59. The van der Waals surface area contributed by atoms with E-state index in [0.717, 1.165) is 50.3 Å². The highest BCUT2D eigenvalue weighted by Gasteiger charge is 2.33. The predicted octanol–water partition coefficient (Wildman–Crippen LogP) is 5.06. The topological polar surface area (TPSA) is 26.0 Å². The molecule has 3 atom stereocenters. The van der Waals surface area contributed by atoms with Gasteiger partial charge in [0, 0.05) is 11.6 Å². The summed E-state index contributed by atoms with van der Waals surface area (Å²) in [5.74, 6) is -0.0422. The molecular formula is C16H21F4N. The second-order valence-corrected chi connectivity index (χ2v) is 5.96. The molecule has 1 aromatic carbocycles. The molecule has 1 aliphatic carbocycles. The van der Waals surface area contributed by atoms with Gasteiger partial charge in [0.05, 0.1) is 5.56 Å². The maximum absolute atomic E-state index is 13.9. The summed E-state index contributed by atoms with van der Waals surface area (Å²) in [5, 5.41) is 0. The van der Waals surface area contributed by atoms with E-state index in [1.54, 1.807) is 0 Å². The van der Waals surface area contributed by atoms with Crippen molar-refractivity contribution in [3.63, 3.8) is 0 Å². The molecule has 0 aliphatic heterocycles. The minimum Gasteiger partial charge on any atom is -0.324 e. The summed E-state index contributed by atoms with van der Waals surface area (Å²) < 4.78 is 52.2. The smallest absolute Gasteiger partial charge is 0.324 e. The number of alkyl halides is 3. The molecule has 1 aliphatic rings. The van der Waals surface area contributed by atoms with Gasteiger partial charge in [0.25, 0.3) is 0 Å². The highest BCUT2D eigenvalue weighted by atomic mass is 19.4. The molecule has 5 heteroatoms. The Morgan fingerprint density at radius 1 is 1.29 bits per heavy atom. The minimum absolute atomic E-state index is 0.00780. The van der Waals surface area contributed by atoms with Crippen LogP contribution in [0.15, 0.2) is 18.2 Å². The van der Waals surface area contributed by atoms with Crippen molar-refractivity contribution < 1.29 is 17.6 Å². The van der Waals surface area contributed by atoms with Gasteiger partial charge in [0.15, 0.2) is 0 Å². The summed E-state index contributed by atoms with van der Waals surface area (Å²) in [6.07, 6.45) is 0.429. The van der Waals surface area contributed by atoms with Gasteiger partial charge in [-0.15, -0.1) is 0 Å². The second kappa shape index (κ2) is 6.34. The molecule has 0 saturated heterocycles.